The van der Waals surface area contributed by atoms with Crippen molar-refractivity contribution < 1.29 is 16.8 Å². The van der Waals surface area contributed by atoms with Gasteiger partial charge < -0.3 is 0 Å². The average Bonchev–Trinajstić information content (AvgIpc) is 2.69. The quantitative estimate of drug-likeness (QED) is 0.846. The summed E-state index contributed by atoms with van der Waals surface area (Å²) in [5, 5.41) is 0. The standard InChI is InChI=1S/C13H19NO4S2/c15-19(16)9-7-13(10-19)6-8-14-20(17,18)11-12-4-2-1-3-5-12/h1-5,13-14H,6-11H2. The molecule has 0 aliphatic carbocycles. The van der Waals surface area contributed by atoms with E-state index in [0.717, 1.165) is 5.56 Å². The van der Waals surface area contributed by atoms with Crippen molar-refractivity contribution in [3.63, 3.8) is 0 Å². The molecule has 20 heavy (non-hydrogen) atoms. The normalized spacial score (nSPS) is 21.9. The lowest BCUT2D eigenvalue weighted by Gasteiger charge is -2.09. The monoisotopic (exact) mass is 317 g/mol. The highest BCUT2D eigenvalue weighted by Gasteiger charge is 2.27. The third kappa shape index (κ3) is 4.88. The van der Waals surface area contributed by atoms with Crippen molar-refractivity contribution in [3.8, 4) is 0 Å². The molecule has 0 spiro atoms. The molecule has 0 amide bonds. The average molecular weight is 317 g/mol. The van der Waals surface area contributed by atoms with E-state index in [2.05, 4.69) is 4.72 Å². The molecule has 1 saturated heterocycles. The third-order valence-corrected chi connectivity index (χ3v) is 6.60. The number of sulfonamides is 1. The molecule has 1 heterocycles. The summed E-state index contributed by atoms with van der Waals surface area (Å²) in [6.45, 7) is 0.301. The van der Waals surface area contributed by atoms with Crippen molar-refractivity contribution in [3.05, 3.63) is 35.9 Å². The van der Waals surface area contributed by atoms with E-state index in [-0.39, 0.29) is 23.2 Å². The van der Waals surface area contributed by atoms with E-state index in [1.54, 1.807) is 24.3 Å². The summed E-state index contributed by atoms with van der Waals surface area (Å²) < 4.78 is 48.9. The van der Waals surface area contributed by atoms with E-state index in [0.29, 0.717) is 19.4 Å². The Bertz CT molecular complexity index is 638. The fourth-order valence-corrected chi connectivity index (χ4v) is 5.44. The van der Waals surface area contributed by atoms with E-state index in [1.165, 1.54) is 0 Å². The van der Waals surface area contributed by atoms with Crippen molar-refractivity contribution in [2.45, 2.75) is 18.6 Å². The Morgan fingerprint density at radius 3 is 2.50 bits per heavy atom. The molecule has 1 N–H and O–H groups in total. The minimum Gasteiger partial charge on any atom is -0.229 e. The van der Waals surface area contributed by atoms with Crippen LogP contribution in [-0.2, 0) is 25.6 Å². The van der Waals surface area contributed by atoms with Gasteiger partial charge >= 0.3 is 0 Å². The summed E-state index contributed by atoms with van der Waals surface area (Å²) >= 11 is 0. The Hall–Kier alpha value is -0.920. The summed E-state index contributed by atoms with van der Waals surface area (Å²) in [6, 6.07) is 8.97. The van der Waals surface area contributed by atoms with Crippen molar-refractivity contribution in [2.75, 3.05) is 18.1 Å². The molecule has 7 heteroatoms. The van der Waals surface area contributed by atoms with Crippen LogP contribution in [-0.4, -0.2) is 34.9 Å². The molecular formula is C13H19NO4S2. The highest BCUT2D eigenvalue weighted by molar-refractivity contribution is 7.91. The Labute approximate surface area is 120 Å². The van der Waals surface area contributed by atoms with Crippen molar-refractivity contribution in [2.24, 2.45) is 5.92 Å². The van der Waals surface area contributed by atoms with Crippen LogP contribution in [0.1, 0.15) is 18.4 Å². The van der Waals surface area contributed by atoms with Crippen molar-refractivity contribution in [1.29, 1.82) is 0 Å². The highest BCUT2D eigenvalue weighted by atomic mass is 32.2. The van der Waals surface area contributed by atoms with E-state index in [4.69, 9.17) is 0 Å². The molecule has 1 atom stereocenters. The van der Waals surface area contributed by atoms with Gasteiger partial charge in [-0.25, -0.2) is 21.6 Å². The van der Waals surface area contributed by atoms with Gasteiger partial charge in [0.25, 0.3) is 0 Å². The predicted molar refractivity (Wildman–Crippen MR) is 78.4 cm³/mol. The Morgan fingerprint density at radius 2 is 1.90 bits per heavy atom. The number of rotatable bonds is 6. The van der Waals surface area contributed by atoms with E-state index in [1.807, 2.05) is 6.07 Å². The number of hydrogen-bond acceptors (Lipinski definition) is 4. The topological polar surface area (TPSA) is 80.3 Å². The third-order valence-electron chi connectivity index (χ3n) is 3.40. The largest absolute Gasteiger partial charge is 0.229 e. The van der Waals surface area contributed by atoms with Gasteiger partial charge in [-0.1, -0.05) is 30.3 Å². The fraction of sp³-hybridized carbons (Fsp3) is 0.538. The molecule has 0 bridgehead atoms. The lowest BCUT2D eigenvalue weighted by atomic mass is 10.1. The molecule has 0 saturated carbocycles. The summed E-state index contributed by atoms with van der Waals surface area (Å²) in [5.74, 6) is 0.456. The van der Waals surface area contributed by atoms with Gasteiger partial charge in [-0.15, -0.1) is 0 Å². The number of hydrogen-bond donors (Lipinski definition) is 1. The first-order valence-electron chi connectivity index (χ1n) is 6.58. The number of sulfone groups is 1. The predicted octanol–water partition coefficient (Wildman–Crippen LogP) is 0.931. The molecule has 1 unspecified atom stereocenters. The summed E-state index contributed by atoms with van der Waals surface area (Å²) in [6.07, 6.45) is 1.22. The molecular weight excluding hydrogens is 298 g/mol. The molecule has 1 aromatic carbocycles. The van der Waals surface area contributed by atoms with Crippen LogP contribution in [0.5, 0.6) is 0 Å². The minimum absolute atomic E-state index is 0.0448. The molecule has 1 aliphatic rings. The van der Waals surface area contributed by atoms with Crippen LogP contribution in [0.2, 0.25) is 0 Å². The lowest BCUT2D eigenvalue weighted by Crippen LogP contribution is -2.27. The molecule has 0 aromatic heterocycles. The van der Waals surface area contributed by atoms with Crippen LogP contribution in [0, 0.1) is 5.92 Å². The summed E-state index contributed by atoms with van der Waals surface area (Å²) in [5.41, 5.74) is 0.739. The second-order valence-electron chi connectivity index (χ2n) is 5.20. The highest BCUT2D eigenvalue weighted by Crippen LogP contribution is 2.21. The summed E-state index contributed by atoms with van der Waals surface area (Å²) in [4.78, 5) is 0. The molecule has 0 radical (unpaired) electrons. The minimum atomic E-state index is -3.35. The first-order valence-corrected chi connectivity index (χ1v) is 10.1. The van der Waals surface area contributed by atoms with Crippen LogP contribution < -0.4 is 4.72 Å². The van der Waals surface area contributed by atoms with Gasteiger partial charge in [0.2, 0.25) is 10.0 Å². The molecule has 1 fully saturated rings. The molecule has 2 rings (SSSR count). The zero-order valence-corrected chi connectivity index (χ0v) is 12.8. The lowest BCUT2D eigenvalue weighted by molar-refractivity contribution is 0.527. The van der Waals surface area contributed by atoms with Gasteiger partial charge in [0, 0.05) is 6.54 Å². The second kappa shape index (κ2) is 6.24. The SMILES string of the molecule is O=S1(=O)CCC(CCNS(=O)(=O)Cc2ccccc2)C1. The first kappa shape index (κ1) is 15.5. The van der Waals surface area contributed by atoms with E-state index < -0.39 is 19.9 Å². The fourth-order valence-electron chi connectivity index (χ4n) is 2.36. The van der Waals surface area contributed by atoms with E-state index >= 15 is 0 Å². The Morgan fingerprint density at radius 1 is 1.20 bits per heavy atom. The van der Waals surface area contributed by atoms with Gasteiger partial charge in [0.05, 0.1) is 17.3 Å². The zero-order chi connectivity index (χ0) is 14.6. The van der Waals surface area contributed by atoms with Crippen LogP contribution in [0.4, 0.5) is 0 Å². The molecule has 112 valence electrons. The van der Waals surface area contributed by atoms with Crippen LogP contribution >= 0.6 is 0 Å². The maximum absolute atomic E-state index is 11.9. The Balaban J connectivity index is 1.79. The van der Waals surface area contributed by atoms with Crippen molar-refractivity contribution in [1.82, 2.24) is 4.72 Å². The van der Waals surface area contributed by atoms with Crippen LogP contribution in [0.15, 0.2) is 30.3 Å². The first-order chi connectivity index (χ1) is 9.36. The van der Waals surface area contributed by atoms with Crippen LogP contribution in [0.25, 0.3) is 0 Å². The van der Waals surface area contributed by atoms with Crippen molar-refractivity contribution >= 4 is 19.9 Å². The maximum atomic E-state index is 11.9. The Kier molecular flexibility index (Phi) is 4.82. The number of benzene rings is 1. The maximum Gasteiger partial charge on any atom is 0.215 e. The molecule has 5 nitrogen and oxygen atoms in total. The summed E-state index contributed by atoms with van der Waals surface area (Å²) in [7, 11) is -6.24. The van der Waals surface area contributed by atoms with Gasteiger partial charge in [0.1, 0.15) is 0 Å². The smallest absolute Gasteiger partial charge is 0.215 e. The zero-order valence-electron chi connectivity index (χ0n) is 11.2. The molecule has 1 aromatic rings. The number of nitrogens with one attached hydrogen (secondary N) is 1. The van der Waals surface area contributed by atoms with Gasteiger partial charge in [-0.3, -0.25) is 0 Å². The van der Waals surface area contributed by atoms with Gasteiger partial charge in [-0.2, -0.15) is 0 Å². The second-order valence-corrected chi connectivity index (χ2v) is 9.23. The van der Waals surface area contributed by atoms with E-state index in [9.17, 15) is 16.8 Å². The van der Waals surface area contributed by atoms with Crippen LogP contribution in [0.3, 0.4) is 0 Å². The molecule has 1 aliphatic heterocycles. The van der Waals surface area contributed by atoms with Gasteiger partial charge in [0.15, 0.2) is 9.84 Å². The van der Waals surface area contributed by atoms with Gasteiger partial charge in [-0.05, 0) is 24.3 Å².